The van der Waals surface area contributed by atoms with Crippen LogP contribution in [0.1, 0.15) is 69.2 Å². The molecule has 1 heterocycles. The molecule has 1 fully saturated rings. The molecule has 0 aliphatic carbocycles. The highest BCUT2D eigenvalue weighted by Crippen LogP contribution is 2.18. The third-order valence-electron chi connectivity index (χ3n) is 1.85. The van der Waals surface area contributed by atoms with Gasteiger partial charge in [0.25, 0.3) is 0 Å². The predicted molar refractivity (Wildman–Crippen MR) is 74.5 cm³/mol. The first-order valence-corrected chi connectivity index (χ1v) is 5.36. The van der Waals surface area contributed by atoms with Crippen molar-refractivity contribution in [3.63, 3.8) is 0 Å². The minimum atomic E-state index is 0. The summed E-state index contributed by atoms with van der Waals surface area (Å²) in [5.74, 6) is 0. The van der Waals surface area contributed by atoms with Crippen LogP contribution in [-0.2, 0) is 4.74 Å². The van der Waals surface area contributed by atoms with E-state index in [1.54, 1.807) is 0 Å². The molecule has 1 aliphatic rings. The van der Waals surface area contributed by atoms with Crippen LogP contribution in [-0.4, -0.2) is 12.2 Å². The molecule has 1 saturated heterocycles. The van der Waals surface area contributed by atoms with Crippen LogP contribution < -0.4 is 0 Å². The Morgan fingerprint density at radius 2 is 1.07 bits per heavy atom. The van der Waals surface area contributed by atoms with Crippen molar-refractivity contribution in [1.29, 1.82) is 0 Å². The highest BCUT2D eigenvalue weighted by Gasteiger charge is 2.27. The fourth-order valence-electron chi connectivity index (χ4n) is 0.293. The number of unbranched alkanes of at least 4 members (excludes halogenated alkanes) is 1. The van der Waals surface area contributed by atoms with Crippen molar-refractivity contribution in [1.82, 2.24) is 0 Å². The van der Waals surface area contributed by atoms with Gasteiger partial charge < -0.3 is 4.74 Å². The van der Waals surface area contributed by atoms with Gasteiger partial charge in [-0.25, -0.2) is 0 Å². The maximum Gasteiger partial charge on any atom is 0.0811 e. The summed E-state index contributed by atoms with van der Waals surface area (Å²) in [7, 11) is 0. The Morgan fingerprint density at radius 3 is 1.07 bits per heavy atom. The van der Waals surface area contributed by atoms with Gasteiger partial charge >= 0.3 is 0 Å². The summed E-state index contributed by atoms with van der Waals surface area (Å²) in [5, 5.41) is 0. The van der Waals surface area contributed by atoms with Crippen molar-refractivity contribution < 1.29 is 4.74 Å². The van der Waals surface area contributed by atoms with E-state index in [-0.39, 0.29) is 14.9 Å². The van der Waals surface area contributed by atoms with Crippen LogP contribution in [0.3, 0.4) is 0 Å². The quantitative estimate of drug-likeness (QED) is 0.421. The van der Waals surface area contributed by atoms with Crippen LogP contribution in [0.5, 0.6) is 0 Å². The highest BCUT2D eigenvalue weighted by atomic mass is 16.6. The van der Waals surface area contributed by atoms with Gasteiger partial charge in [0, 0.05) is 0 Å². The van der Waals surface area contributed by atoms with E-state index in [2.05, 4.69) is 27.7 Å². The first kappa shape index (κ1) is 24.1. The number of allylic oxidation sites excluding steroid dienone is 2. The van der Waals surface area contributed by atoms with Gasteiger partial charge in [0.05, 0.1) is 12.2 Å². The maximum atomic E-state index is 4.92. The first-order valence-electron chi connectivity index (χ1n) is 5.36. The molecule has 1 heteroatoms. The van der Waals surface area contributed by atoms with E-state index in [1.165, 1.54) is 12.8 Å². The molecule has 1 nitrogen and oxygen atoms in total. The monoisotopic (exact) mass is 218 g/mol. The normalized spacial score (nSPS) is 20.9. The summed E-state index contributed by atoms with van der Waals surface area (Å²) >= 11 is 0. The SMILES string of the molecule is C.C.CC1OC1C.CC=CC.CCCC. The topological polar surface area (TPSA) is 12.5 Å². The van der Waals surface area contributed by atoms with Crippen molar-refractivity contribution in [3.05, 3.63) is 12.2 Å². The minimum absolute atomic E-state index is 0. The van der Waals surface area contributed by atoms with E-state index in [4.69, 9.17) is 4.74 Å². The zero-order valence-corrected chi connectivity index (χ0v) is 10.1. The number of hydrogen-bond donors (Lipinski definition) is 0. The molecule has 96 valence electrons. The second kappa shape index (κ2) is 19.3. The van der Waals surface area contributed by atoms with Crippen molar-refractivity contribution in [2.45, 2.75) is 81.4 Å². The minimum Gasteiger partial charge on any atom is -0.370 e. The molecule has 1 rings (SSSR count). The zero-order valence-electron chi connectivity index (χ0n) is 10.1. The molecule has 0 aromatic carbocycles. The summed E-state index contributed by atoms with van der Waals surface area (Å²) in [6.45, 7) is 12.5. The largest absolute Gasteiger partial charge is 0.370 e. The second-order valence-corrected chi connectivity index (χ2v) is 3.21. The summed E-state index contributed by atoms with van der Waals surface area (Å²) in [6.07, 6.45) is 7.74. The Bertz CT molecular complexity index is 95.9. The molecular weight excluding hydrogens is 184 g/mol. The van der Waals surface area contributed by atoms with Gasteiger partial charge in [-0.2, -0.15) is 0 Å². The third kappa shape index (κ3) is 31.6. The first-order chi connectivity index (χ1) is 6.13. The Morgan fingerprint density at radius 1 is 0.867 bits per heavy atom. The van der Waals surface area contributed by atoms with Crippen molar-refractivity contribution in [2.24, 2.45) is 0 Å². The van der Waals surface area contributed by atoms with Crippen LogP contribution in [0.4, 0.5) is 0 Å². The number of hydrogen-bond acceptors (Lipinski definition) is 1. The third-order valence-corrected chi connectivity index (χ3v) is 1.85. The molecule has 0 saturated carbocycles. The highest BCUT2D eigenvalue weighted by molar-refractivity contribution is 4.73. The van der Waals surface area contributed by atoms with Crippen LogP contribution in [0.25, 0.3) is 0 Å². The molecule has 0 aromatic heterocycles. The van der Waals surface area contributed by atoms with Crippen molar-refractivity contribution >= 4 is 0 Å². The number of epoxide rings is 1. The zero-order chi connectivity index (χ0) is 10.7. The van der Waals surface area contributed by atoms with E-state index < -0.39 is 0 Å². The maximum absolute atomic E-state index is 4.92. The van der Waals surface area contributed by atoms with Crippen molar-refractivity contribution in [3.8, 4) is 0 Å². The average Bonchev–Trinajstić information content (AvgIpc) is 2.80. The molecular formula is C14H34O. The Labute approximate surface area is 98.9 Å². The Balaban J connectivity index is -0.0000000575. The van der Waals surface area contributed by atoms with Gasteiger partial charge in [-0.3, -0.25) is 0 Å². The van der Waals surface area contributed by atoms with Gasteiger partial charge in [-0.05, 0) is 27.7 Å². The smallest absolute Gasteiger partial charge is 0.0811 e. The van der Waals surface area contributed by atoms with Crippen LogP contribution in [0, 0.1) is 0 Å². The van der Waals surface area contributed by atoms with Crippen LogP contribution >= 0.6 is 0 Å². The second-order valence-electron chi connectivity index (χ2n) is 3.21. The predicted octanol–water partition coefficient (Wildman–Crippen LogP) is 5.45. The molecule has 1 aliphatic heterocycles. The lowest BCUT2D eigenvalue weighted by Gasteiger charge is -1.68. The molecule has 0 radical (unpaired) electrons. The van der Waals surface area contributed by atoms with Gasteiger partial charge in [0.2, 0.25) is 0 Å². The average molecular weight is 218 g/mol. The van der Waals surface area contributed by atoms with Gasteiger partial charge in [-0.15, -0.1) is 0 Å². The Hall–Kier alpha value is -0.300. The van der Waals surface area contributed by atoms with Gasteiger partial charge in [0.1, 0.15) is 0 Å². The lowest BCUT2D eigenvalue weighted by atomic mass is 10.4. The molecule has 2 unspecified atom stereocenters. The molecule has 15 heavy (non-hydrogen) atoms. The van der Waals surface area contributed by atoms with E-state index in [0.29, 0.717) is 12.2 Å². The van der Waals surface area contributed by atoms with Crippen LogP contribution in [0.2, 0.25) is 0 Å². The van der Waals surface area contributed by atoms with Crippen LogP contribution in [0.15, 0.2) is 12.2 Å². The summed E-state index contributed by atoms with van der Waals surface area (Å²) in [4.78, 5) is 0. The summed E-state index contributed by atoms with van der Waals surface area (Å²) in [5.41, 5.74) is 0. The fraction of sp³-hybridized carbons (Fsp3) is 0.857. The van der Waals surface area contributed by atoms with Gasteiger partial charge in [0.15, 0.2) is 0 Å². The lowest BCUT2D eigenvalue weighted by molar-refractivity contribution is 0.389. The summed E-state index contributed by atoms with van der Waals surface area (Å²) in [6, 6.07) is 0. The summed E-state index contributed by atoms with van der Waals surface area (Å²) < 4.78 is 4.92. The number of ether oxygens (including phenoxy) is 1. The molecule has 0 spiro atoms. The van der Waals surface area contributed by atoms with Crippen molar-refractivity contribution in [2.75, 3.05) is 0 Å². The number of rotatable bonds is 1. The molecule has 2 atom stereocenters. The standard InChI is InChI=1S/C4H8O.C4H10.C4H8.2CH4/c1-3-4(2)5-3;2*1-3-4-2;;/h3-4H,1-2H3;3-4H2,1-2H3;3-4H,1-2H3;2*1H4. The fourth-order valence-corrected chi connectivity index (χ4v) is 0.293. The van der Waals surface area contributed by atoms with E-state index in [9.17, 15) is 0 Å². The van der Waals surface area contributed by atoms with E-state index >= 15 is 0 Å². The van der Waals surface area contributed by atoms with E-state index in [0.717, 1.165) is 0 Å². The molecule has 0 bridgehead atoms. The molecule has 0 amide bonds. The molecule has 0 N–H and O–H groups in total. The van der Waals surface area contributed by atoms with E-state index in [1.807, 2.05) is 26.0 Å². The molecule has 0 aromatic rings. The Kier molecular flexibility index (Phi) is 31.0. The van der Waals surface area contributed by atoms with Gasteiger partial charge in [-0.1, -0.05) is 53.7 Å². The lowest BCUT2D eigenvalue weighted by Crippen LogP contribution is -1.74.